The number of H-pyrrole nitrogens is 1. The molecule has 9 heteroatoms. The summed E-state index contributed by atoms with van der Waals surface area (Å²) in [6.07, 6.45) is 1.52. The Morgan fingerprint density at radius 3 is 2.58 bits per heavy atom. The molecule has 1 aromatic heterocycles. The highest BCUT2D eigenvalue weighted by Crippen LogP contribution is 2.34. The quantitative estimate of drug-likeness (QED) is 0.817. The van der Waals surface area contributed by atoms with Gasteiger partial charge in [-0.15, -0.1) is 0 Å². The molecule has 3 rings (SSSR count). The molecule has 1 unspecified atom stereocenters. The van der Waals surface area contributed by atoms with Crippen LogP contribution in [0.25, 0.3) is 0 Å². The fraction of sp³-hybridized carbons (Fsp3) is 0.294. The normalized spacial score (nSPS) is 19.8. The van der Waals surface area contributed by atoms with Gasteiger partial charge in [0.25, 0.3) is 11.5 Å². The summed E-state index contributed by atoms with van der Waals surface area (Å²) in [5.41, 5.74) is 0.277. The molecular formula is C17H16Cl2N2O4S. The second kappa shape index (κ2) is 7.42. The highest BCUT2D eigenvalue weighted by molar-refractivity contribution is 7.91. The number of aromatic amines is 1. The largest absolute Gasteiger partial charge is 0.338 e. The minimum atomic E-state index is -3.46. The number of nitrogens with one attached hydrogen (secondary N) is 1. The number of carbonyl (C=O) groups excluding carboxylic acids is 1. The van der Waals surface area contributed by atoms with E-state index < -0.39 is 20.6 Å². The zero-order chi connectivity index (χ0) is 18.9. The molecule has 0 spiro atoms. The lowest BCUT2D eigenvalue weighted by molar-refractivity contribution is 0.0766. The number of sulfone groups is 1. The lowest BCUT2D eigenvalue weighted by atomic mass is 10.1. The summed E-state index contributed by atoms with van der Waals surface area (Å²) in [5, 5.41) is -0.450. The first kappa shape index (κ1) is 18.9. The van der Waals surface area contributed by atoms with E-state index in [9.17, 15) is 18.0 Å². The molecule has 2 aromatic rings. The van der Waals surface area contributed by atoms with Gasteiger partial charge >= 0.3 is 0 Å². The molecular weight excluding hydrogens is 399 g/mol. The summed E-state index contributed by atoms with van der Waals surface area (Å²) in [6, 6.07) is 8.12. The van der Waals surface area contributed by atoms with Crippen LogP contribution in [-0.2, 0) is 9.84 Å². The monoisotopic (exact) mass is 414 g/mol. The summed E-state index contributed by atoms with van der Waals surface area (Å²) in [4.78, 5) is 27.8. The van der Waals surface area contributed by atoms with Crippen molar-refractivity contribution >= 4 is 38.9 Å². The minimum absolute atomic E-state index is 0.0683. The Morgan fingerprint density at radius 1 is 1.15 bits per heavy atom. The van der Waals surface area contributed by atoms with Gasteiger partial charge in [-0.3, -0.25) is 9.59 Å². The number of carbonyl (C=O) groups is 1. The molecule has 1 fully saturated rings. The molecule has 0 aliphatic carbocycles. The van der Waals surface area contributed by atoms with E-state index in [1.54, 1.807) is 24.3 Å². The van der Waals surface area contributed by atoms with Gasteiger partial charge in [0.2, 0.25) is 0 Å². The molecule has 1 aliphatic heterocycles. The zero-order valence-electron chi connectivity index (χ0n) is 13.6. The van der Waals surface area contributed by atoms with Crippen molar-refractivity contribution in [1.29, 1.82) is 0 Å². The van der Waals surface area contributed by atoms with Crippen molar-refractivity contribution in [2.75, 3.05) is 18.8 Å². The van der Waals surface area contributed by atoms with Gasteiger partial charge in [0.1, 0.15) is 5.02 Å². The van der Waals surface area contributed by atoms with Crippen molar-refractivity contribution in [2.24, 2.45) is 0 Å². The van der Waals surface area contributed by atoms with E-state index in [-0.39, 0.29) is 41.8 Å². The van der Waals surface area contributed by atoms with Gasteiger partial charge in [-0.25, -0.2) is 8.42 Å². The molecule has 1 aliphatic rings. The number of nitrogens with zero attached hydrogens (tertiary/aromatic N) is 1. The summed E-state index contributed by atoms with van der Waals surface area (Å²) >= 11 is 11.9. The van der Waals surface area contributed by atoms with Gasteiger partial charge in [0.15, 0.2) is 9.84 Å². The van der Waals surface area contributed by atoms with Crippen molar-refractivity contribution in [3.8, 4) is 0 Å². The Bertz CT molecular complexity index is 1000. The topological polar surface area (TPSA) is 87.3 Å². The van der Waals surface area contributed by atoms with E-state index in [4.69, 9.17) is 23.2 Å². The smallest absolute Gasteiger partial charge is 0.266 e. The van der Waals surface area contributed by atoms with Crippen LogP contribution in [0, 0.1) is 0 Å². The maximum absolute atomic E-state index is 12.7. The van der Waals surface area contributed by atoms with Crippen LogP contribution in [0.2, 0.25) is 10.0 Å². The van der Waals surface area contributed by atoms with Crippen molar-refractivity contribution < 1.29 is 13.2 Å². The summed E-state index contributed by atoms with van der Waals surface area (Å²) < 4.78 is 25.4. The molecule has 0 saturated carbocycles. The van der Waals surface area contributed by atoms with Gasteiger partial charge in [-0.05, 0) is 24.1 Å². The van der Waals surface area contributed by atoms with E-state index in [1.807, 2.05) is 0 Å². The molecule has 6 nitrogen and oxygen atoms in total. The van der Waals surface area contributed by atoms with Crippen LogP contribution in [0.3, 0.4) is 0 Å². The number of hydrogen-bond acceptors (Lipinski definition) is 4. The fourth-order valence-corrected chi connectivity index (χ4v) is 5.32. The van der Waals surface area contributed by atoms with Crippen molar-refractivity contribution in [3.05, 3.63) is 68.1 Å². The predicted molar refractivity (Wildman–Crippen MR) is 101 cm³/mol. The summed E-state index contributed by atoms with van der Waals surface area (Å²) in [6.45, 7) is 0.323. The summed E-state index contributed by atoms with van der Waals surface area (Å²) in [7, 11) is -3.46. The van der Waals surface area contributed by atoms with Gasteiger partial charge in [-0.2, -0.15) is 0 Å². The number of hydrogen-bond donors (Lipinski definition) is 1. The number of rotatable bonds is 2. The molecule has 0 bridgehead atoms. The molecule has 1 atom stereocenters. The number of amides is 1. The zero-order valence-corrected chi connectivity index (χ0v) is 15.9. The van der Waals surface area contributed by atoms with Gasteiger partial charge in [0.05, 0.1) is 16.6 Å². The number of halogens is 2. The lowest BCUT2D eigenvalue weighted by Gasteiger charge is -2.20. The van der Waals surface area contributed by atoms with Crippen molar-refractivity contribution in [2.45, 2.75) is 11.7 Å². The molecule has 1 N–H and O–H groups in total. The van der Waals surface area contributed by atoms with E-state index in [1.165, 1.54) is 17.2 Å². The van der Waals surface area contributed by atoms with Gasteiger partial charge < -0.3 is 9.88 Å². The van der Waals surface area contributed by atoms with Crippen molar-refractivity contribution in [3.63, 3.8) is 0 Å². The Labute approximate surface area is 160 Å². The van der Waals surface area contributed by atoms with Crippen LogP contribution >= 0.6 is 23.2 Å². The lowest BCUT2D eigenvalue weighted by Crippen LogP contribution is -2.34. The average molecular weight is 415 g/mol. The molecule has 2 heterocycles. The maximum atomic E-state index is 12.7. The number of pyridine rings is 1. The highest BCUT2D eigenvalue weighted by Gasteiger charge is 2.34. The highest BCUT2D eigenvalue weighted by atomic mass is 35.5. The first-order chi connectivity index (χ1) is 12.3. The molecule has 0 radical (unpaired) electrons. The third-order valence-electron chi connectivity index (χ3n) is 4.38. The third-order valence-corrected chi connectivity index (χ3v) is 7.12. The average Bonchev–Trinajstić information content (AvgIpc) is 2.75. The molecule has 1 saturated heterocycles. The fourth-order valence-electron chi connectivity index (χ4n) is 2.99. The Balaban J connectivity index is 1.86. The minimum Gasteiger partial charge on any atom is -0.338 e. The Hall–Kier alpha value is -1.83. The SMILES string of the molecule is O=C(c1c[nH]c(=O)c(Cl)c1)N1CCC(c2ccccc2Cl)S(=O)(=O)CC1. The third kappa shape index (κ3) is 3.79. The Kier molecular flexibility index (Phi) is 5.41. The van der Waals surface area contributed by atoms with E-state index in [2.05, 4.69) is 4.98 Å². The van der Waals surface area contributed by atoms with Crippen LogP contribution in [-0.4, -0.2) is 43.1 Å². The van der Waals surface area contributed by atoms with E-state index >= 15 is 0 Å². The summed E-state index contributed by atoms with van der Waals surface area (Å²) in [5.74, 6) is -0.538. The van der Waals surface area contributed by atoms with Crippen molar-refractivity contribution in [1.82, 2.24) is 9.88 Å². The molecule has 26 heavy (non-hydrogen) atoms. The Morgan fingerprint density at radius 2 is 1.88 bits per heavy atom. The van der Waals surface area contributed by atoms with Crippen LogP contribution in [0.4, 0.5) is 0 Å². The van der Waals surface area contributed by atoms with E-state index in [0.717, 1.165) is 0 Å². The first-order valence-electron chi connectivity index (χ1n) is 7.93. The first-order valence-corrected chi connectivity index (χ1v) is 10.4. The van der Waals surface area contributed by atoms with Crippen LogP contribution in [0.1, 0.15) is 27.6 Å². The molecule has 138 valence electrons. The second-order valence-electron chi connectivity index (χ2n) is 6.02. The van der Waals surface area contributed by atoms with Crippen LogP contribution in [0.15, 0.2) is 41.3 Å². The molecule has 1 aromatic carbocycles. The number of benzene rings is 1. The maximum Gasteiger partial charge on any atom is 0.266 e. The number of aromatic nitrogens is 1. The van der Waals surface area contributed by atoms with Crippen LogP contribution in [0.5, 0.6) is 0 Å². The van der Waals surface area contributed by atoms with E-state index in [0.29, 0.717) is 10.6 Å². The molecule has 1 amide bonds. The van der Waals surface area contributed by atoms with Gasteiger partial charge in [-0.1, -0.05) is 41.4 Å². The second-order valence-corrected chi connectivity index (χ2v) is 9.14. The van der Waals surface area contributed by atoms with Crippen LogP contribution < -0.4 is 5.56 Å². The standard InChI is InChI=1S/C17H16Cl2N2O4S/c18-13-4-2-1-3-12(13)15-5-6-21(7-8-26(15,24)25)17(23)11-9-14(19)16(22)20-10-11/h1-4,9-10,15H,5-8H2,(H,20,22). The van der Waals surface area contributed by atoms with Gasteiger partial charge in [0, 0.05) is 24.3 Å². The predicted octanol–water partition coefficient (Wildman–Crippen LogP) is 2.68.